The van der Waals surface area contributed by atoms with E-state index in [0.29, 0.717) is 0 Å². The topological polar surface area (TPSA) is 71.4 Å². The van der Waals surface area contributed by atoms with Gasteiger partial charge in [0.1, 0.15) is 0 Å². The summed E-state index contributed by atoms with van der Waals surface area (Å²) in [6, 6.07) is 0. The average Bonchev–Trinajstić information content (AvgIpc) is 1.59. The van der Waals surface area contributed by atoms with Crippen LogP contribution < -0.4 is 0 Å². The second-order valence-electron chi connectivity index (χ2n) is 0.996. The Hall–Kier alpha value is -0.271. The van der Waals surface area contributed by atoms with E-state index in [2.05, 4.69) is 0 Å². The summed E-state index contributed by atoms with van der Waals surface area (Å²) in [4.78, 5) is 9.00. The zero-order chi connectivity index (χ0) is 9.65. The summed E-state index contributed by atoms with van der Waals surface area (Å²) in [5.74, 6) is -0.833. The van der Waals surface area contributed by atoms with Gasteiger partial charge in [0.2, 0.25) is 0 Å². The van der Waals surface area contributed by atoms with Gasteiger partial charge in [-0.1, -0.05) is 0 Å². The van der Waals surface area contributed by atoms with E-state index >= 15 is 0 Å². The van der Waals surface area contributed by atoms with Gasteiger partial charge in [0, 0.05) is 6.92 Å². The molecule has 74 valence electrons. The molecule has 0 atom stereocenters. The molecule has 0 aliphatic heterocycles. The quantitative estimate of drug-likeness (QED) is 0.544. The summed E-state index contributed by atoms with van der Waals surface area (Å²) < 4.78 is 49.8. The Morgan fingerprint density at radius 1 is 1.45 bits per heavy atom. The Bertz CT molecular complexity index is 207. The van der Waals surface area contributed by atoms with Gasteiger partial charge in [-0.05, 0) is 0 Å². The van der Waals surface area contributed by atoms with Crippen LogP contribution in [0.4, 0.5) is 11.0 Å². The Balaban J connectivity index is 0. The minimum absolute atomic E-state index is 0.833. The molecule has 0 aliphatic carbocycles. The molecule has 11 heavy (non-hydrogen) atoms. The van der Waals surface area contributed by atoms with Crippen molar-refractivity contribution >= 4 is 14.6 Å². The summed E-state index contributed by atoms with van der Waals surface area (Å²) in [7, 11) is -5.55. The summed E-state index contributed by atoms with van der Waals surface area (Å²) in [6.45, 7) is 1.08. The van der Waals surface area contributed by atoms with Crippen LogP contribution >= 0.6 is 0 Å². The van der Waals surface area contributed by atoms with E-state index in [1.54, 1.807) is 0 Å². The van der Waals surface area contributed by atoms with E-state index in [-0.39, 0.29) is 0 Å². The van der Waals surface area contributed by atoms with Crippen LogP contribution in [-0.2, 0) is 27.1 Å². The second kappa shape index (κ2) is 5.39. The number of carbonyl (C=O) groups is 1. The average molecular weight is 245 g/mol. The number of hydrogen-bond donors (Lipinski definition) is 1. The van der Waals surface area contributed by atoms with Crippen molar-refractivity contribution in [2.75, 3.05) is 0 Å². The van der Waals surface area contributed by atoms with Crippen molar-refractivity contribution in [2.45, 2.75) is 6.92 Å². The molecule has 0 aromatic rings. The van der Waals surface area contributed by atoms with Gasteiger partial charge in [-0.2, -0.15) is 0 Å². The van der Waals surface area contributed by atoms with Gasteiger partial charge >= 0.3 is 41.7 Å². The molecule has 0 spiro atoms. The van der Waals surface area contributed by atoms with Crippen LogP contribution in [0, 0.1) is 0 Å². The van der Waals surface area contributed by atoms with Gasteiger partial charge in [-0.3, -0.25) is 4.79 Å². The molecule has 0 amide bonds. The summed E-state index contributed by atoms with van der Waals surface area (Å²) in [5.41, 5.74) is 0. The third-order valence-corrected chi connectivity index (χ3v) is 1.37. The fourth-order valence-electron chi connectivity index (χ4n) is 0. The van der Waals surface area contributed by atoms with Gasteiger partial charge in [0.25, 0.3) is 5.97 Å². The van der Waals surface area contributed by atoms with E-state index in [1.807, 2.05) is 0 Å². The molecule has 0 aromatic heterocycles. The number of aliphatic carboxylic acids is 1. The summed E-state index contributed by atoms with van der Waals surface area (Å²) in [5, 5.41) is 7.42. The van der Waals surface area contributed by atoms with Gasteiger partial charge in [-0.15, -0.1) is 0 Å². The van der Waals surface area contributed by atoms with E-state index in [1.165, 1.54) is 0 Å². The number of hydrogen-bond acceptors (Lipinski definition) is 3. The maximum atomic E-state index is 10.7. The standard InChI is InChI=1S/C2H4O2.Cu.FO2S.2FH/c1-2(3)4;;1-4(2)3;;/h1H3,(H,3,4);;;2*1H/q;+2;;;/p-2. The first-order valence-electron chi connectivity index (χ1n) is 1.77. The van der Waals surface area contributed by atoms with Crippen molar-refractivity contribution in [3.8, 4) is 0 Å². The monoisotopic (exact) mass is 244 g/mol. The molecule has 1 N–H and O–H groups in total. The summed E-state index contributed by atoms with van der Waals surface area (Å²) >= 11 is -4.07. The van der Waals surface area contributed by atoms with Crippen molar-refractivity contribution in [2.24, 2.45) is 0 Å². The molecule has 0 heterocycles. The maximum absolute atomic E-state index is 10.7. The minimum atomic E-state index is -5.55. The number of carboxylic acids is 1. The van der Waals surface area contributed by atoms with Crippen LogP contribution in [0.2, 0.25) is 0 Å². The molecule has 0 fully saturated rings. The molecule has 0 saturated heterocycles. The van der Waals surface area contributed by atoms with Crippen LogP contribution in [0.5, 0.6) is 0 Å². The van der Waals surface area contributed by atoms with Crippen molar-refractivity contribution in [1.29, 1.82) is 0 Å². The van der Waals surface area contributed by atoms with Crippen LogP contribution in [0.15, 0.2) is 0 Å². The molecular weight excluding hydrogens is 241 g/mol. The van der Waals surface area contributed by atoms with Gasteiger partial charge < -0.3 is 5.11 Å². The number of halogens is 3. The van der Waals surface area contributed by atoms with Crippen molar-refractivity contribution in [3.05, 3.63) is 0 Å². The number of rotatable bonds is 1. The third kappa shape index (κ3) is 17.7. The fraction of sp³-hybridized carbons (Fsp3) is 0.500. The molecule has 0 radical (unpaired) electrons. The fourth-order valence-corrected chi connectivity index (χ4v) is 0. The molecule has 0 bridgehead atoms. The normalized spacial score (nSPS) is 11.1. The van der Waals surface area contributed by atoms with Crippen molar-refractivity contribution < 1.29 is 43.0 Å². The molecule has 0 aromatic carbocycles. The van der Waals surface area contributed by atoms with Gasteiger partial charge in [-0.25, -0.2) is 0 Å². The first-order valence-corrected chi connectivity index (χ1v) is 4.85. The summed E-state index contributed by atoms with van der Waals surface area (Å²) in [6.07, 6.45) is 0. The van der Waals surface area contributed by atoms with Gasteiger partial charge in [0.05, 0.1) is 0 Å². The van der Waals surface area contributed by atoms with Crippen LogP contribution in [0.1, 0.15) is 6.92 Å². The second-order valence-corrected chi connectivity index (χ2v) is 4.25. The van der Waals surface area contributed by atoms with Crippen LogP contribution in [0.25, 0.3) is 0 Å². The van der Waals surface area contributed by atoms with E-state index in [4.69, 9.17) is 18.3 Å². The molecule has 9 heteroatoms. The Kier molecular flexibility index (Phi) is 6.53. The Morgan fingerprint density at radius 2 is 1.55 bits per heavy atom. The molecule has 0 unspecified atom stereocenters. The first kappa shape index (κ1) is 13.3. The van der Waals surface area contributed by atoms with E-state index in [0.717, 1.165) is 6.92 Å². The molecule has 0 saturated carbocycles. The predicted molar refractivity (Wildman–Crippen MR) is 25.6 cm³/mol. The van der Waals surface area contributed by atoms with Gasteiger partial charge in [0.15, 0.2) is 0 Å². The van der Waals surface area contributed by atoms with Crippen LogP contribution in [-0.4, -0.2) is 19.5 Å². The van der Waals surface area contributed by atoms with Crippen molar-refractivity contribution in [3.63, 3.8) is 0 Å². The zero-order valence-corrected chi connectivity index (χ0v) is 6.77. The van der Waals surface area contributed by atoms with Crippen LogP contribution in [0.3, 0.4) is 0 Å². The molecule has 0 rings (SSSR count). The van der Waals surface area contributed by atoms with E-state index in [9.17, 15) is 11.0 Å². The SMILES string of the molecule is CC(=O)O.O=[S](=O)(F)[Cu]([F])[F]. The molecule has 0 aliphatic rings. The molecular formula is C2H4CuF3O4S. The Morgan fingerprint density at radius 3 is 1.55 bits per heavy atom. The number of carboxylic acid groups (broad SMARTS) is 1. The van der Waals surface area contributed by atoms with Crippen molar-refractivity contribution in [1.82, 2.24) is 0 Å². The zero-order valence-electron chi connectivity index (χ0n) is 5.02. The first-order chi connectivity index (χ1) is 4.68. The molecule has 4 nitrogen and oxygen atoms in total. The third-order valence-electron chi connectivity index (χ3n) is 0.111. The Labute approximate surface area is 65.1 Å². The predicted octanol–water partition coefficient (Wildman–Crippen LogP) is 0.679. The van der Waals surface area contributed by atoms with E-state index < -0.39 is 28.3 Å².